The monoisotopic (exact) mass is 186 g/mol. The van der Waals surface area contributed by atoms with Crippen LogP contribution in [0.5, 0.6) is 0 Å². The number of carbonyl (C=O) groups is 1. The summed E-state index contributed by atoms with van der Waals surface area (Å²) in [5, 5.41) is 9.73. The second kappa shape index (κ2) is 3.92. The predicted octanol–water partition coefficient (Wildman–Crippen LogP) is 1.51. The first-order valence-corrected chi connectivity index (χ1v) is 4.20. The Morgan fingerprint density at radius 3 is 2.08 bits per heavy atom. The second-order valence-electron chi connectivity index (χ2n) is 4.14. The highest BCUT2D eigenvalue weighted by atomic mass is 16.5. The molecule has 0 rings (SSSR count). The largest absolute Gasteiger partial charge is 0.466 e. The van der Waals surface area contributed by atoms with E-state index in [-0.39, 0.29) is 0 Å². The van der Waals surface area contributed by atoms with Gasteiger partial charge in [-0.3, -0.25) is 0 Å². The lowest BCUT2D eigenvalue weighted by Crippen LogP contribution is -2.37. The third-order valence-electron chi connectivity index (χ3n) is 2.41. The Bertz CT molecular complexity index is 209. The summed E-state index contributed by atoms with van der Waals surface area (Å²) >= 11 is 0. The molecule has 76 valence electrons. The van der Waals surface area contributed by atoms with Gasteiger partial charge in [-0.2, -0.15) is 0 Å². The molecule has 0 heterocycles. The first kappa shape index (κ1) is 12.2. The Morgan fingerprint density at radius 1 is 1.31 bits per heavy atom. The highest BCUT2D eigenvalue weighted by Crippen LogP contribution is 2.31. The molecular formula is C10H18O3. The summed E-state index contributed by atoms with van der Waals surface area (Å²) < 4.78 is 4.45. The fourth-order valence-electron chi connectivity index (χ4n) is 0.548. The maximum absolute atomic E-state index is 10.8. The van der Waals surface area contributed by atoms with Gasteiger partial charge in [0.15, 0.2) is 0 Å². The Hall–Kier alpha value is -0.830. The average molecular weight is 186 g/mol. The van der Waals surface area contributed by atoms with Gasteiger partial charge in [0, 0.05) is 11.5 Å². The van der Waals surface area contributed by atoms with Gasteiger partial charge in [-0.1, -0.05) is 19.9 Å². The summed E-state index contributed by atoms with van der Waals surface area (Å²) in [6, 6.07) is 0. The number of carbonyl (C=O) groups excluding carboxylic acids is 1. The summed E-state index contributed by atoms with van der Waals surface area (Å²) in [7, 11) is 1.32. The molecule has 0 atom stereocenters. The summed E-state index contributed by atoms with van der Waals surface area (Å²) in [6.07, 6.45) is 2.98. The quantitative estimate of drug-likeness (QED) is 0.537. The lowest BCUT2D eigenvalue weighted by molar-refractivity contribution is -0.134. The summed E-state index contributed by atoms with van der Waals surface area (Å²) in [5.41, 5.74) is -1.32. The molecule has 0 aliphatic carbocycles. The molecule has 0 bridgehead atoms. The normalized spacial score (nSPS) is 13.4. The Balaban J connectivity index is 4.51. The van der Waals surface area contributed by atoms with E-state index in [1.54, 1.807) is 19.9 Å². The van der Waals surface area contributed by atoms with Crippen LogP contribution in [0.4, 0.5) is 0 Å². The van der Waals surface area contributed by atoms with Crippen LogP contribution < -0.4 is 0 Å². The van der Waals surface area contributed by atoms with E-state index >= 15 is 0 Å². The molecule has 0 aromatic rings. The van der Waals surface area contributed by atoms with Crippen molar-refractivity contribution in [1.29, 1.82) is 0 Å². The van der Waals surface area contributed by atoms with Crippen molar-refractivity contribution in [2.45, 2.75) is 33.3 Å². The molecule has 0 aliphatic heterocycles. The molecule has 0 amide bonds. The van der Waals surface area contributed by atoms with Crippen LogP contribution in [0.2, 0.25) is 0 Å². The fraction of sp³-hybridized carbons (Fsp3) is 0.700. The maximum Gasteiger partial charge on any atom is 0.330 e. The zero-order chi connectivity index (χ0) is 10.7. The Labute approximate surface area is 79.4 Å². The standard InChI is InChI=1S/C10H18O3/c1-9(2,10(3,4)12)7-6-8(11)13-5/h6-7,12H,1-5H3. The highest BCUT2D eigenvalue weighted by molar-refractivity contribution is 5.81. The van der Waals surface area contributed by atoms with Gasteiger partial charge in [-0.05, 0) is 13.8 Å². The minimum Gasteiger partial charge on any atom is -0.466 e. The minimum absolute atomic E-state index is 0.405. The van der Waals surface area contributed by atoms with Crippen molar-refractivity contribution in [3.63, 3.8) is 0 Å². The van der Waals surface area contributed by atoms with E-state index in [2.05, 4.69) is 4.74 Å². The molecule has 0 radical (unpaired) electrons. The van der Waals surface area contributed by atoms with Crippen molar-refractivity contribution in [3.05, 3.63) is 12.2 Å². The Kier molecular flexibility index (Phi) is 3.67. The second-order valence-corrected chi connectivity index (χ2v) is 4.14. The third kappa shape index (κ3) is 3.59. The predicted molar refractivity (Wildman–Crippen MR) is 51.2 cm³/mol. The minimum atomic E-state index is -0.864. The van der Waals surface area contributed by atoms with Crippen LogP contribution in [0.15, 0.2) is 12.2 Å². The molecule has 3 nitrogen and oxygen atoms in total. The summed E-state index contributed by atoms with van der Waals surface area (Å²) in [4.78, 5) is 10.8. The van der Waals surface area contributed by atoms with Gasteiger partial charge in [0.1, 0.15) is 0 Å². The number of hydrogen-bond donors (Lipinski definition) is 1. The SMILES string of the molecule is COC(=O)C=CC(C)(C)C(C)(C)O. The van der Waals surface area contributed by atoms with Crippen LogP contribution >= 0.6 is 0 Å². The van der Waals surface area contributed by atoms with Crippen LogP contribution in [0.1, 0.15) is 27.7 Å². The van der Waals surface area contributed by atoms with Crippen molar-refractivity contribution >= 4 is 5.97 Å². The number of hydrogen-bond acceptors (Lipinski definition) is 3. The van der Waals surface area contributed by atoms with Gasteiger partial charge in [0.05, 0.1) is 12.7 Å². The van der Waals surface area contributed by atoms with Crippen molar-refractivity contribution in [2.75, 3.05) is 7.11 Å². The summed E-state index contributed by atoms with van der Waals surface area (Å²) in [6.45, 7) is 7.11. The van der Waals surface area contributed by atoms with Gasteiger partial charge in [-0.25, -0.2) is 4.79 Å². The number of rotatable bonds is 3. The van der Waals surface area contributed by atoms with Crippen molar-refractivity contribution in [1.82, 2.24) is 0 Å². The molecular weight excluding hydrogens is 168 g/mol. The average Bonchev–Trinajstić information content (AvgIpc) is 1.98. The smallest absolute Gasteiger partial charge is 0.330 e. The maximum atomic E-state index is 10.8. The van der Waals surface area contributed by atoms with Gasteiger partial charge in [0.2, 0.25) is 0 Å². The molecule has 0 unspecified atom stereocenters. The van der Waals surface area contributed by atoms with Crippen LogP contribution in [-0.4, -0.2) is 23.8 Å². The highest BCUT2D eigenvalue weighted by Gasteiger charge is 2.32. The number of ether oxygens (including phenoxy) is 1. The zero-order valence-corrected chi connectivity index (χ0v) is 8.92. The van der Waals surface area contributed by atoms with Gasteiger partial charge in [0.25, 0.3) is 0 Å². The van der Waals surface area contributed by atoms with Gasteiger partial charge < -0.3 is 9.84 Å². The third-order valence-corrected chi connectivity index (χ3v) is 2.41. The van der Waals surface area contributed by atoms with E-state index in [0.717, 1.165) is 0 Å². The lowest BCUT2D eigenvalue weighted by atomic mass is 9.77. The number of methoxy groups -OCH3 is 1. The van der Waals surface area contributed by atoms with E-state index in [9.17, 15) is 9.90 Å². The van der Waals surface area contributed by atoms with Crippen LogP contribution in [0, 0.1) is 5.41 Å². The molecule has 0 saturated carbocycles. The Morgan fingerprint density at radius 2 is 1.77 bits per heavy atom. The number of esters is 1. The van der Waals surface area contributed by atoms with Crippen LogP contribution in [0.3, 0.4) is 0 Å². The van der Waals surface area contributed by atoms with E-state index < -0.39 is 17.0 Å². The summed E-state index contributed by atoms with van der Waals surface area (Å²) in [5.74, 6) is -0.405. The van der Waals surface area contributed by atoms with E-state index in [1.165, 1.54) is 13.2 Å². The molecule has 0 spiro atoms. The molecule has 3 heteroatoms. The van der Waals surface area contributed by atoms with Crippen molar-refractivity contribution in [3.8, 4) is 0 Å². The lowest BCUT2D eigenvalue weighted by Gasteiger charge is -2.34. The molecule has 1 N–H and O–H groups in total. The van der Waals surface area contributed by atoms with Crippen molar-refractivity contribution in [2.24, 2.45) is 5.41 Å². The number of aliphatic hydroxyl groups is 1. The van der Waals surface area contributed by atoms with E-state index in [0.29, 0.717) is 0 Å². The van der Waals surface area contributed by atoms with Crippen LogP contribution in [0.25, 0.3) is 0 Å². The fourth-order valence-corrected chi connectivity index (χ4v) is 0.548. The van der Waals surface area contributed by atoms with E-state index in [4.69, 9.17) is 0 Å². The molecule has 0 saturated heterocycles. The molecule has 0 fully saturated rings. The molecule has 0 aromatic carbocycles. The first-order valence-electron chi connectivity index (χ1n) is 4.20. The van der Waals surface area contributed by atoms with Gasteiger partial charge >= 0.3 is 5.97 Å². The zero-order valence-electron chi connectivity index (χ0n) is 8.92. The molecule has 13 heavy (non-hydrogen) atoms. The molecule has 0 aromatic heterocycles. The van der Waals surface area contributed by atoms with Crippen molar-refractivity contribution < 1.29 is 14.6 Å². The molecule has 0 aliphatic rings. The van der Waals surface area contributed by atoms with E-state index in [1.807, 2.05) is 13.8 Å². The topological polar surface area (TPSA) is 46.5 Å². The van der Waals surface area contributed by atoms with Crippen LogP contribution in [-0.2, 0) is 9.53 Å². The first-order chi connectivity index (χ1) is 5.70. The van der Waals surface area contributed by atoms with Gasteiger partial charge in [-0.15, -0.1) is 0 Å².